The summed E-state index contributed by atoms with van der Waals surface area (Å²) in [4.78, 5) is 148. The molecule has 6 bridgehead atoms. The van der Waals surface area contributed by atoms with Gasteiger partial charge in [-0.05, 0) is 179 Å². The number of nitrogens with zero attached hydrogens (tertiary/aromatic N) is 9. The predicted molar refractivity (Wildman–Crippen MR) is 461 cm³/mol. The number of ether oxygens (including phenoxy) is 9. The number of amides is 3. The van der Waals surface area contributed by atoms with Gasteiger partial charge in [0, 0.05) is 79.8 Å². The van der Waals surface area contributed by atoms with Crippen LogP contribution in [-0.4, -0.2) is 213 Å². The number of aryl methyl sites for hydroxylation is 3. The molecule has 735 valence electrons. The number of methoxy groups -OCH3 is 3. The third-order valence-electron chi connectivity index (χ3n) is 27.5. The predicted octanol–water partition coefficient (Wildman–Crippen LogP) is 16.1. The second-order valence-corrected chi connectivity index (χ2v) is 39.9. The molecule has 3 aliphatic carbocycles. The molecule has 3 amide bonds. The van der Waals surface area contributed by atoms with E-state index in [0.717, 1.165) is 98.2 Å². The largest absolute Gasteiger partial charge is 0.540 e. The Hall–Kier alpha value is -8.57. The van der Waals surface area contributed by atoms with Crippen molar-refractivity contribution in [3.05, 3.63) is 71.7 Å². The maximum atomic E-state index is 14.6. The summed E-state index contributed by atoms with van der Waals surface area (Å²) >= 11 is 0. The molecular weight excluding hydrogens is 1890 g/mol. The molecule has 6 fully saturated rings. The SMILES string of the molecule is COc1ccc2nc3c(nc2c1)O[C@H]1CN(C(=O)[C@H](C(C)(C)C)CC(=O)O[C@@H]2CCC[C@H]2CCCCC3)[C@H]([C-]=O)[C@@H]1C(F)(F)F.COc1ccc2nc3c(nc2c1)O[C@H]1CN(C(=O)[C@H](C(C)(C)C)CC(=O)O[C@@H]2C[C@H]2CCCCC3)[C@H]([C-]=O)[C@@H]1C(F)(F)F.COc1ccc2nc3c(nc2c1)O[C@H]1CN(C(=O)[C@H](C(C)(C)C)CC(=O)O[C@]2(C)C[C@H]2CCCCC3)[C@H]([C-]=O)[C@@H]1C(F)(F)F.[V].[V].[V]. The summed E-state index contributed by atoms with van der Waals surface area (Å²) in [6.07, 6.45) is -1.47. The van der Waals surface area contributed by atoms with Crippen molar-refractivity contribution < 1.29 is 181 Å². The Bertz CT molecular complexity index is 5240. The van der Waals surface area contributed by atoms with Gasteiger partial charge in [0.1, 0.15) is 70.5 Å². The van der Waals surface area contributed by atoms with Gasteiger partial charge in [0.05, 0.1) is 129 Å². The van der Waals surface area contributed by atoms with E-state index in [2.05, 4.69) is 19.9 Å². The molecule has 9 heterocycles. The third kappa shape index (κ3) is 25.7. The van der Waals surface area contributed by atoms with E-state index in [4.69, 9.17) is 52.6 Å². The van der Waals surface area contributed by atoms with Gasteiger partial charge in [-0.1, -0.05) is 101 Å². The van der Waals surface area contributed by atoms with Crippen LogP contribution in [0.4, 0.5) is 39.5 Å². The number of carbonyl (C=O) groups excluding carboxylic acids is 9. The van der Waals surface area contributed by atoms with Crippen LogP contribution < -0.4 is 28.4 Å². The standard InChI is InChI=1S/C33H41F3N3O6.C32H39F3N3O6.C31H37F3N3O6.3V/c1-32(2,3)21-16-28(41)44-26-12-8-10-19(26)9-6-5-7-11-23-30(38-24-15-20(43-4)13-14-22(24)37-23)45-27-17-39(31(21)42)25(18-40)29(27)33(34,35)36;1-30(2,3)20-14-26(40)44-31(4)15-18(31)9-7-6-8-10-22-28(37-23-13-19(42-5)11-12-21(23)36-22)43-25-16-38(29(20)41)24(17-39)27(25)32(33,34)35;1-30(2,3)19-14-26(39)42-24-12-17(24)8-6-5-7-9-21-28(36-22-13-18(41-4)10-11-20(22)35-21)43-25-15-37(29(19)40)23(16-38)27(25)31(32,33)34;;;/h13-15,19,21,25-27,29H,5-12,16-17H2,1-4H3;11-13,18,20,24-25,27H,6-10,14-16H2,1-5H3;10-11,13,17,19,23-25,27H,5-9,12,14-15H2,1-4H3;;;/q3*-1;;;/t19-,21-,25-,26-,27+,29+;18-,20-,24-,25+,27+,31-;17-,19-,23-,24-,25+,27+;;;/m111.../s1. The summed E-state index contributed by atoms with van der Waals surface area (Å²) in [7, 11) is 4.47. The van der Waals surface area contributed by atoms with E-state index < -0.39 is 168 Å². The molecule has 135 heavy (non-hydrogen) atoms. The van der Waals surface area contributed by atoms with E-state index in [1.807, 2.05) is 6.92 Å². The first-order valence-electron chi connectivity index (χ1n) is 45.6. The number of esters is 3. The third-order valence-corrected chi connectivity index (χ3v) is 27.5. The van der Waals surface area contributed by atoms with E-state index in [-0.39, 0.29) is 123 Å². The number of alkyl halides is 9. The minimum absolute atomic E-state index is 0. The summed E-state index contributed by atoms with van der Waals surface area (Å²) in [5.41, 5.74) is 0.877. The molecule has 3 aromatic heterocycles. The van der Waals surface area contributed by atoms with Gasteiger partial charge < -0.3 is 71.7 Å². The molecule has 0 spiro atoms. The van der Waals surface area contributed by atoms with Crippen LogP contribution in [-0.2, 0) is 132 Å². The Kier molecular flexibility index (Phi) is 35.6. The van der Waals surface area contributed by atoms with Crippen LogP contribution >= 0.6 is 0 Å². The van der Waals surface area contributed by atoms with Crippen LogP contribution in [0, 0.1) is 69.5 Å². The fraction of sp³-hybridized carbons (Fsp3) is 0.656. The van der Waals surface area contributed by atoms with Crippen molar-refractivity contribution in [2.24, 2.45) is 69.5 Å². The molecule has 0 unspecified atom stereocenters. The van der Waals surface area contributed by atoms with Crippen molar-refractivity contribution in [1.82, 2.24) is 44.6 Å². The number of hydrogen-bond donors (Lipinski definition) is 0. The Morgan fingerprint density at radius 2 is 0.696 bits per heavy atom. The molecule has 18 atom stereocenters. The second-order valence-electron chi connectivity index (χ2n) is 39.9. The molecule has 3 aromatic carbocycles. The van der Waals surface area contributed by atoms with Crippen molar-refractivity contribution in [1.29, 1.82) is 0 Å². The smallest absolute Gasteiger partial charge is 0.395 e. The summed E-state index contributed by atoms with van der Waals surface area (Å²) in [5, 5.41) is 0. The topological polar surface area (TPSA) is 324 Å². The minimum atomic E-state index is -4.90. The van der Waals surface area contributed by atoms with Crippen molar-refractivity contribution in [3.63, 3.8) is 0 Å². The zero-order valence-corrected chi connectivity index (χ0v) is 82.2. The number of carbonyl (C=O) groups is 6. The number of rotatable bonds is 6. The Morgan fingerprint density at radius 1 is 0.378 bits per heavy atom. The quantitative estimate of drug-likeness (QED) is 0.0647. The van der Waals surface area contributed by atoms with Crippen molar-refractivity contribution >= 4 is 87.6 Å². The first-order chi connectivity index (χ1) is 62.2. The van der Waals surface area contributed by atoms with Crippen molar-refractivity contribution in [3.8, 4) is 34.9 Å². The molecule has 3 saturated carbocycles. The van der Waals surface area contributed by atoms with Crippen LogP contribution in [0.1, 0.15) is 215 Å². The van der Waals surface area contributed by atoms with E-state index in [9.17, 15) is 82.7 Å². The van der Waals surface area contributed by atoms with Crippen molar-refractivity contribution in [2.45, 2.75) is 290 Å². The molecule has 6 aromatic rings. The minimum Gasteiger partial charge on any atom is -0.540 e. The Morgan fingerprint density at radius 3 is 1.02 bits per heavy atom. The summed E-state index contributed by atoms with van der Waals surface area (Å²) in [6, 6.07) is 9.33. The zero-order chi connectivity index (χ0) is 95.6. The molecule has 3 saturated heterocycles. The molecular formula is C96H117F9N9O18V3-3. The maximum Gasteiger partial charge on any atom is 0.395 e. The Balaban J connectivity index is 0.000000207. The van der Waals surface area contributed by atoms with Gasteiger partial charge in [-0.2, -0.15) is 39.5 Å². The van der Waals surface area contributed by atoms with Crippen LogP contribution in [0.3, 0.4) is 0 Å². The molecule has 9 aliphatic rings. The van der Waals surface area contributed by atoms with Crippen LogP contribution in [0.15, 0.2) is 54.6 Å². The van der Waals surface area contributed by atoms with Gasteiger partial charge in [0.2, 0.25) is 35.4 Å². The van der Waals surface area contributed by atoms with E-state index in [1.54, 1.807) is 117 Å². The summed E-state index contributed by atoms with van der Waals surface area (Å²) in [5.74, 6) is -12.2. The average molecular weight is 2010 g/mol. The van der Waals surface area contributed by atoms with Gasteiger partial charge in [0.15, 0.2) is 0 Å². The fourth-order valence-electron chi connectivity index (χ4n) is 19.7. The van der Waals surface area contributed by atoms with E-state index in [1.165, 1.54) is 40.2 Å². The van der Waals surface area contributed by atoms with Gasteiger partial charge in [0.25, 0.3) is 0 Å². The first kappa shape index (κ1) is 108. The number of benzene rings is 3. The number of aromatic nitrogens is 6. The monoisotopic (exact) mass is 2010 g/mol. The van der Waals surface area contributed by atoms with Crippen LogP contribution in [0.2, 0.25) is 0 Å². The summed E-state index contributed by atoms with van der Waals surface area (Å²) in [6.45, 7) is 15.9. The molecule has 6 aliphatic heterocycles. The maximum absolute atomic E-state index is 14.6. The number of fused-ring (bicyclic) bond motifs is 15. The average Bonchev–Trinajstić information content (AvgIpc) is 1.61. The molecule has 39 heteroatoms. The normalized spacial score (nSPS) is 28.8. The zero-order valence-electron chi connectivity index (χ0n) is 78.0. The molecule has 27 nitrogen and oxygen atoms in total. The van der Waals surface area contributed by atoms with Crippen molar-refractivity contribution in [2.75, 3.05) is 41.0 Å². The molecule has 3 radical (unpaired) electrons. The second kappa shape index (κ2) is 44.3. The fourth-order valence-corrected chi connectivity index (χ4v) is 19.7. The Labute approximate surface area is 814 Å². The number of hydrogen-bond acceptors (Lipinski definition) is 24. The van der Waals surface area contributed by atoms with Gasteiger partial charge in [-0.15, -0.1) is 0 Å². The van der Waals surface area contributed by atoms with E-state index >= 15 is 0 Å². The summed E-state index contributed by atoms with van der Waals surface area (Å²) < 4.78 is 183. The molecule has 15 rings (SSSR count). The van der Waals surface area contributed by atoms with Crippen LogP contribution in [0.25, 0.3) is 33.1 Å². The molecule has 0 N–H and O–H groups in total. The van der Waals surface area contributed by atoms with Gasteiger partial charge in [-0.3, -0.25) is 28.8 Å². The van der Waals surface area contributed by atoms with Gasteiger partial charge >= 0.3 is 36.4 Å². The van der Waals surface area contributed by atoms with E-state index in [0.29, 0.717) is 112 Å². The van der Waals surface area contributed by atoms with Crippen LogP contribution in [0.5, 0.6) is 34.9 Å². The number of halogens is 9. The first-order valence-corrected chi connectivity index (χ1v) is 45.6. The van der Waals surface area contributed by atoms with Gasteiger partial charge in [-0.25, -0.2) is 48.8 Å².